The lowest BCUT2D eigenvalue weighted by atomic mass is 10.1. The zero-order valence-electron chi connectivity index (χ0n) is 10.4. The van der Waals surface area contributed by atoms with Crippen molar-refractivity contribution in [1.29, 1.82) is 0 Å². The van der Waals surface area contributed by atoms with Crippen LogP contribution in [-0.2, 0) is 0 Å². The van der Waals surface area contributed by atoms with E-state index in [9.17, 15) is 0 Å². The molecular weight excluding hydrogens is 170 g/mol. The van der Waals surface area contributed by atoms with E-state index in [2.05, 4.69) is 39.1 Å². The lowest BCUT2D eigenvalue weighted by Gasteiger charge is -2.11. The Morgan fingerprint density at radius 3 is 2.50 bits per heavy atom. The molecule has 0 saturated heterocycles. The molecule has 0 spiro atoms. The lowest BCUT2D eigenvalue weighted by molar-refractivity contribution is 0.503. The number of rotatable bonds is 8. The van der Waals surface area contributed by atoms with Gasteiger partial charge in [0.25, 0.3) is 0 Å². The molecule has 0 amide bonds. The molecule has 0 aliphatic heterocycles. The van der Waals surface area contributed by atoms with Gasteiger partial charge in [0.2, 0.25) is 0 Å². The molecule has 0 heterocycles. The summed E-state index contributed by atoms with van der Waals surface area (Å²) < 4.78 is 0. The number of hydrogen-bond donors (Lipinski definition) is 1. The second kappa shape index (κ2) is 9.26. The van der Waals surface area contributed by atoms with Crippen LogP contribution in [0.3, 0.4) is 0 Å². The first kappa shape index (κ1) is 13.7. The van der Waals surface area contributed by atoms with E-state index < -0.39 is 0 Å². The van der Waals surface area contributed by atoms with Gasteiger partial charge in [0.1, 0.15) is 0 Å². The quantitative estimate of drug-likeness (QED) is 0.459. The number of nitrogens with one attached hydrogen (secondary N) is 1. The minimum absolute atomic E-state index is 0.669. The average molecular weight is 197 g/mol. The standard InChI is InChI=1S/C13H27N/c1-5-6-7-8-9-13(4)14-11-10-12(2)3/h10,13-14H,5-9,11H2,1-4H3. The summed E-state index contributed by atoms with van der Waals surface area (Å²) in [5, 5.41) is 3.51. The number of hydrogen-bond acceptors (Lipinski definition) is 1. The molecule has 0 aromatic rings. The third-order valence-electron chi connectivity index (χ3n) is 2.47. The van der Waals surface area contributed by atoms with Crippen molar-refractivity contribution in [3.05, 3.63) is 11.6 Å². The van der Waals surface area contributed by atoms with E-state index in [4.69, 9.17) is 0 Å². The van der Waals surface area contributed by atoms with Crippen LogP contribution in [0, 0.1) is 0 Å². The van der Waals surface area contributed by atoms with Gasteiger partial charge >= 0.3 is 0 Å². The van der Waals surface area contributed by atoms with Crippen LogP contribution < -0.4 is 5.32 Å². The van der Waals surface area contributed by atoms with Crippen LogP contribution in [0.4, 0.5) is 0 Å². The molecule has 0 rings (SSSR count). The van der Waals surface area contributed by atoms with Crippen molar-refractivity contribution in [2.24, 2.45) is 0 Å². The van der Waals surface area contributed by atoms with Gasteiger partial charge in [-0.15, -0.1) is 0 Å². The maximum Gasteiger partial charge on any atom is 0.0139 e. The second-order valence-electron chi connectivity index (χ2n) is 4.44. The first-order chi connectivity index (χ1) is 6.66. The molecule has 0 bridgehead atoms. The second-order valence-corrected chi connectivity index (χ2v) is 4.44. The Bertz CT molecular complexity index is 145. The topological polar surface area (TPSA) is 12.0 Å². The predicted octanol–water partition coefficient (Wildman–Crippen LogP) is 3.90. The fourth-order valence-electron chi connectivity index (χ4n) is 1.44. The van der Waals surface area contributed by atoms with E-state index >= 15 is 0 Å². The van der Waals surface area contributed by atoms with Crippen molar-refractivity contribution < 1.29 is 0 Å². The highest BCUT2D eigenvalue weighted by molar-refractivity contribution is 4.94. The summed E-state index contributed by atoms with van der Waals surface area (Å²) in [5.41, 5.74) is 1.40. The Kier molecular flexibility index (Phi) is 9.06. The van der Waals surface area contributed by atoms with Crippen molar-refractivity contribution in [2.75, 3.05) is 6.54 Å². The maximum atomic E-state index is 3.51. The highest BCUT2D eigenvalue weighted by Crippen LogP contribution is 2.04. The zero-order chi connectivity index (χ0) is 10.8. The minimum atomic E-state index is 0.669. The van der Waals surface area contributed by atoms with Crippen LogP contribution in [0.25, 0.3) is 0 Å². The van der Waals surface area contributed by atoms with Crippen LogP contribution in [0.15, 0.2) is 11.6 Å². The molecule has 0 radical (unpaired) electrons. The molecule has 0 aliphatic rings. The van der Waals surface area contributed by atoms with Gasteiger partial charge < -0.3 is 5.32 Å². The Labute approximate surface area is 90.0 Å². The molecule has 0 saturated carbocycles. The summed E-state index contributed by atoms with van der Waals surface area (Å²) in [6, 6.07) is 0.669. The Morgan fingerprint density at radius 2 is 1.93 bits per heavy atom. The fraction of sp³-hybridized carbons (Fsp3) is 0.846. The molecular formula is C13H27N. The van der Waals surface area contributed by atoms with E-state index in [1.807, 2.05) is 0 Å². The summed E-state index contributed by atoms with van der Waals surface area (Å²) in [5.74, 6) is 0. The number of unbranched alkanes of at least 4 members (excludes halogenated alkanes) is 3. The summed E-state index contributed by atoms with van der Waals surface area (Å²) >= 11 is 0. The van der Waals surface area contributed by atoms with Gasteiger partial charge in [-0.2, -0.15) is 0 Å². The van der Waals surface area contributed by atoms with Gasteiger partial charge in [-0.25, -0.2) is 0 Å². The first-order valence-electron chi connectivity index (χ1n) is 6.03. The van der Waals surface area contributed by atoms with E-state index in [1.54, 1.807) is 0 Å². The van der Waals surface area contributed by atoms with Crippen LogP contribution in [-0.4, -0.2) is 12.6 Å². The summed E-state index contributed by atoms with van der Waals surface area (Å²) in [4.78, 5) is 0. The summed E-state index contributed by atoms with van der Waals surface area (Å²) in [6.07, 6.45) is 9.06. The van der Waals surface area contributed by atoms with Gasteiger partial charge in [0, 0.05) is 12.6 Å². The highest BCUT2D eigenvalue weighted by Gasteiger charge is 1.98. The van der Waals surface area contributed by atoms with Crippen molar-refractivity contribution in [2.45, 2.75) is 65.8 Å². The molecule has 1 unspecified atom stereocenters. The molecule has 0 aromatic heterocycles. The van der Waals surface area contributed by atoms with E-state index in [-0.39, 0.29) is 0 Å². The molecule has 1 N–H and O–H groups in total. The Balaban J connectivity index is 3.28. The van der Waals surface area contributed by atoms with Crippen molar-refractivity contribution in [3.63, 3.8) is 0 Å². The van der Waals surface area contributed by atoms with Crippen LogP contribution >= 0.6 is 0 Å². The van der Waals surface area contributed by atoms with Gasteiger partial charge in [-0.3, -0.25) is 0 Å². The molecule has 1 atom stereocenters. The third-order valence-corrected chi connectivity index (χ3v) is 2.47. The lowest BCUT2D eigenvalue weighted by Crippen LogP contribution is -2.25. The minimum Gasteiger partial charge on any atom is -0.311 e. The molecule has 84 valence electrons. The van der Waals surface area contributed by atoms with E-state index in [0.717, 1.165) is 6.54 Å². The molecule has 0 aliphatic carbocycles. The van der Waals surface area contributed by atoms with Crippen molar-refractivity contribution >= 4 is 0 Å². The van der Waals surface area contributed by atoms with Gasteiger partial charge in [0.15, 0.2) is 0 Å². The zero-order valence-corrected chi connectivity index (χ0v) is 10.4. The third kappa shape index (κ3) is 9.79. The maximum absolute atomic E-state index is 3.51. The van der Waals surface area contributed by atoms with Gasteiger partial charge in [-0.05, 0) is 27.2 Å². The van der Waals surface area contributed by atoms with Crippen molar-refractivity contribution in [3.8, 4) is 0 Å². The largest absolute Gasteiger partial charge is 0.311 e. The molecule has 0 aromatic carbocycles. The highest BCUT2D eigenvalue weighted by atomic mass is 14.9. The summed E-state index contributed by atoms with van der Waals surface area (Å²) in [7, 11) is 0. The van der Waals surface area contributed by atoms with Crippen LogP contribution in [0.2, 0.25) is 0 Å². The van der Waals surface area contributed by atoms with Crippen LogP contribution in [0.5, 0.6) is 0 Å². The molecule has 14 heavy (non-hydrogen) atoms. The van der Waals surface area contributed by atoms with E-state index in [0.29, 0.717) is 6.04 Å². The SMILES string of the molecule is CCCCCCC(C)NCC=C(C)C. The molecule has 0 fully saturated rings. The molecule has 1 nitrogen and oxygen atoms in total. The van der Waals surface area contributed by atoms with E-state index in [1.165, 1.54) is 37.7 Å². The fourth-order valence-corrected chi connectivity index (χ4v) is 1.44. The Hall–Kier alpha value is -0.300. The monoisotopic (exact) mass is 197 g/mol. The smallest absolute Gasteiger partial charge is 0.0139 e. The molecule has 1 heteroatoms. The predicted molar refractivity (Wildman–Crippen MR) is 65.7 cm³/mol. The Morgan fingerprint density at radius 1 is 1.21 bits per heavy atom. The average Bonchev–Trinajstić information content (AvgIpc) is 2.12. The summed E-state index contributed by atoms with van der Waals surface area (Å²) in [6.45, 7) is 9.86. The number of allylic oxidation sites excluding steroid dienone is 1. The van der Waals surface area contributed by atoms with Crippen molar-refractivity contribution in [1.82, 2.24) is 5.32 Å². The van der Waals surface area contributed by atoms with Gasteiger partial charge in [0.05, 0.1) is 0 Å². The normalized spacial score (nSPS) is 12.6. The van der Waals surface area contributed by atoms with Gasteiger partial charge in [-0.1, -0.05) is 44.3 Å². The first-order valence-corrected chi connectivity index (χ1v) is 6.03. The van der Waals surface area contributed by atoms with Crippen LogP contribution in [0.1, 0.15) is 59.8 Å².